The number of carbonyl (C=O) groups is 3. The number of anilines is 1. The van der Waals surface area contributed by atoms with Gasteiger partial charge in [0, 0.05) is 89.6 Å². The maximum absolute atomic E-state index is 14.3. The lowest BCUT2D eigenvalue weighted by atomic mass is 9.91. The second kappa shape index (κ2) is 14.5. The molecule has 4 aliphatic heterocycles. The second-order valence-corrected chi connectivity index (χ2v) is 14.4. The number of hydrogen-bond acceptors (Lipinski definition) is 7. The van der Waals surface area contributed by atoms with Crippen LogP contribution in [0.15, 0.2) is 41.2 Å². The van der Waals surface area contributed by atoms with Crippen LogP contribution in [0.5, 0.6) is 0 Å². The molecule has 0 aliphatic carbocycles. The number of para-hydroxylation sites is 1. The predicted molar refractivity (Wildman–Crippen MR) is 191 cm³/mol. The van der Waals surface area contributed by atoms with Crippen LogP contribution in [0, 0.1) is 6.92 Å². The lowest BCUT2D eigenvalue weighted by Crippen LogP contribution is -2.55. The molecular weight excluding hydrogens is 636 g/mol. The van der Waals surface area contributed by atoms with Crippen molar-refractivity contribution in [3.8, 4) is 0 Å². The van der Waals surface area contributed by atoms with Crippen molar-refractivity contribution in [1.82, 2.24) is 34.5 Å². The third-order valence-corrected chi connectivity index (χ3v) is 11.4. The highest BCUT2D eigenvalue weighted by Gasteiger charge is 2.39. The molecule has 0 saturated carbocycles. The summed E-state index contributed by atoms with van der Waals surface area (Å²) in [5.41, 5.74) is 4.99. The number of imidazole rings is 1. The average Bonchev–Trinajstić information content (AvgIpc) is 3.32. The number of likely N-dealkylation sites (tertiary alicyclic amines) is 2. The molecular formula is C37H50N8O5. The van der Waals surface area contributed by atoms with Crippen molar-refractivity contribution in [3.63, 3.8) is 0 Å². The highest BCUT2D eigenvalue weighted by molar-refractivity contribution is 5.91. The van der Waals surface area contributed by atoms with Crippen molar-refractivity contribution in [2.45, 2.75) is 70.1 Å². The number of ether oxygens (including phenoxy) is 1. The van der Waals surface area contributed by atoms with Gasteiger partial charge in [0.15, 0.2) is 6.10 Å². The van der Waals surface area contributed by atoms with E-state index in [4.69, 9.17) is 4.74 Å². The Balaban J connectivity index is 1.05. The van der Waals surface area contributed by atoms with Gasteiger partial charge in [-0.05, 0) is 67.9 Å². The molecule has 3 saturated heterocycles. The molecule has 4 amide bonds. The molecule has 5 heterocycles. The van der Waals surface area contributed by atoms with E-state index >= 15 is 0 Å². The van der Waals surface area contributed by atoms with Gasteiger partial charge in [-0.2, -0.15) is 0 Å². The van der Waals surface area contributed by atoms with Gasteiger partial charge in [0.05, 0.1) is 11.0 Å². The first-order valence-electron chi connectivity index (χ1n) is 18.2. The van der Waals surface area contributed by atoms with Gasteiger partial charge in [-0.25, -0.2) is 14.4 Å². The van der Waals surface area contributed by atoms with Crippen molar-refractivity contribution in [2.75, 3.05) is 64.2 Å². The number of H-pyrrole nitrogens is 1. The molecule has 4 aliphatic rings. The van der Waals surface area contributed by atoms with Crippen LogP contribution in [0.25, 0.3) is 11.0 Å². The highest BCUT2D eigenvalue weighted by Crippen LogP contribution is 2.31. The van der Waals surface area contributed by atoms with Gasteiger partial charge in [0.2, 0.25) is 0 Å². The van der Waals surface area contributed by atoms with E-state index in [-0.39, 0.29) is 23.7 Å². The Morgan fingerprint density at radius 3 is 2.30 bits per heavy atom. The number of carbonyl (C=O) groups excluding carboxylic acids is 3. The summed E-state index contributed by atoms with van der Waals surface area (Å²) in [5.74, 6) is -0.633. The molecule has 3 aromatic rings. The Morgan fingerprint density at radius 2 is 1.56 bits per heavy atom. The number of amides is 4. The number of urea groups is 1. The van der Waals surface area contributed by atoms with Crippen LogP contribution < -0.4 is 16.3 Å². The van der Waals surface area contributed by atoms with Crippen molar-refractivity contribution in [2.24, 2.45) is 7.05 Å². The average molecular weight is 687 g/mol. The molecule has 2 aromatic carbocycles. The quantitative estimate of drug-likeness (QED) is 0.363. The minimum Gasteiger partial charge on any atom is -0.435 e. The number of hydrogen-bond donors (Lipinski definition) is 3. The number of aromatic nitrogens is 2. The lowest BCUT2D eigenvalue weighted by molar-refractivity contribution is -0.143. The third kappa shape index (κ3) is 6.85. The van der Waals surface area contributed by atoms with Gasteiger partial charge in [-0.3, -0.25) is 14.3 Å². The zero-order valence-corrected chi connectivity index (χ0v) is 29.5. The summed E-state index contributed by atoms with van der Waals surface area (Å²) in [7, 11) is 1.72. The molecule has 1 aromatic heterocycles. The number of piperidine rings is 2. The molecule has 3 fully saturated rings. The van der Waals surface area contributed by atoms with E-state index in [9.17, 15) is 19.2 Å². The van der Waals surface area contributed by atoms with Crippen LogP contribution >= 0.6 is 0 Å². The summed E-state index contributed by atoms with van der Waals surface area (Å²) < 4.78 is 7.79. The van der Waals surface area contributed by atoms with Crippen LogP contribution in [-0.4, -0.2) is 124 Å². The van der Waals surface area contributed by atoms with Crippen LogP contribution in [-0.2, 0) is 23.0 Å². The summed E-state index contributed by atoms with van der Waals surface area (Å²) >= 11 is 0. The summed E-state index contributed by atoms with van der Waals surface area (Å²) in [6, 6.07) is 12.1. The van der Waals surface area contributed by atoms with Crippen molar-refractivity contribution < 1.29 is 19.1 Å². The summed E-state index contributed by atoms with van der Waals surface area (Å²) in [6.07, 6.45) is 2.27. The van der Waals surface area contributed by atoms with Crippen LogP contribution in [0.3, 0.4) is 0 Å². The number of rotatable bonds is 6. The van der Waals surface area contributed by atoms with Crippen LogP contribution in [0.4, 0.5) is 15.3 Å². The van der Waals surface area contributed by atoms with E-state index in [1.54, 1.807) is 16.5 Å². The number of fused-ring (bicyclic) bond motifs is 2. The molecule has 0 bridgehead atoms. The first-order valence-corrected chi connectivity index (χ1v) is 18.2. The molecule has 7 rings (SSSR count). The highest BCUT2D eigenvalue weighted by atomic mass is 16.6. The number of nitrogens with one attached hydrogen (secondary N) is 3. The van der Waals surface area contributed by atoms with Gasteiger partial charge in [-0.15, -0.1) is 0 Å². The van der Waals surface area contributed by atoms with E-state index in [2.05, 4.69) is 20.5 Å². The van der Waals surface area contributed by atoms with Gasteiger partial charge in [-0.1, -0.05) is 31.2 Å². The Hall–Kier alpha value is -4.36. The molecule has 2 atom stereocenters. The van der Waals surface area contributed by atoms with Gasteiger partial charge >= 0.3 is 17.8 Å². The zero-order valence-electron chi connectivity index (χ0n) is 29.5. The minimum atomic E-state index is -1.03. The first kappa shape index (κ1) is 34.1. The number of aryl methyl sites for hydroxylation is 2. The topological polar surface area (TPSA) is 135 Å². The standard InChI is InChI=1S/C37H50N8O5/c1-24-22-27(23-31-32(24)40-35(47)41(31)3)25(2)33(34(46)43-15-9-28(10-16-43)42-20-13-38-14-21-42)50-37(49)44-17-11-29(12-18-44)45-19-8-26-6-4-5-7-30(26)39-36(45)48/h4-7,22-23,25,28-29,33,38H,8-21H2,1-3H3,(H,39,48)(H,40,47). The summed E-state index contributed by atoms with van der Waals surface area (Å²) in [5, 5.41) is 6.47. The van der Waals surface area contributed by atoms with E-state index in [0.29, 0.717) is 51.6 Å². The van der Waals surface area contributed by atoms with Gasteiger partial charge in [0.25, 0.3) is 5.91 Å². The van der Waals surface area contributed by atoms with Crippen molar-refractivity contribution >= 4 is 34.8 Å². The first-order chi connectivity index (χ1) is 24.2. The number of benzene rings is 2. The third-order valence-electron chi connectivity index (χ3n) is 11.4. The minimum absolute atomic E-state index is 0.00407. The number of aromatic amines is 1. The number of nitrogens with zero attached hydrogens (tertiary/aromatic N) is 5. The summed E-state index contributed by atoms with van der Waals surface area (Å²) in [4.78, 5) is 64.7. The normalized spacial score (nSPS) is 21.0. The molecule has 2 unspecified atom stereocenters. The van der Waals surface area contributed by atoms with Crippen LogP contribution in [0.1, 0.15) is 55.2 Å². The fraction of sp³-hybridized carbons (Fsp3) is 0.568. The maximum atomic E-state index is 14.3. The largest absolute Gasteiger partial charge is 0.435 e. The molecule has 0 radical (unpaired) electrons. The monoisotopic (exact) mass is 686 g/mol. The summed E-state index contributed by atoms with van der Waals surface area (Å²) in [6.45, 7) is 10.6. The maximum Gasteiger partial charge on any atom is 0.410 e. The SMILES string of the molecule is Cc1cc(C(C)C(OC(=O)N2CCC(N3CCc4ccccc4NC3=O)CC2)C(=O)N2CCC(N3CCNCC3)CC2)cc2c1[nH]c(=O)n2C. The van der Waals surface area contributed by atoms with E-state index in [1.165, 1.54) is 0 Å². The fourth-order valence-electron chi connectivity index (χ4n) is 8.29. The Kier molecular flexibility index (Phi) is 9.87. The van der Waals surface area contributed by atoms with E-state index < -0.39 is 18.1 Å². The molecule has 13 nitrogen and oxygen atoms in total. The smallest absolute Gasteiger partial charge is 0.410 e. The predicted octanol–water partition coefficient (Wildman–Crippen LogP) is 3.23. The van der Waals surface area contributed by atoms with Crippen molar-refractivity contribution in [1.29, 1.82) is 0 Å². The zero-order chi connectivity index (χ0) is 34.9. The fourth-order valence-corrected chi connectivity index (χ4v) is 8.29. The molecule has 3 N–H and O–H groups in total. The molecule has 268 valence electrons. The second-order valence-electron chi connectivity index (χ2n) is 14.4. The van der Waals surface area contributed by atoms with E-state index in [1.807, 2.05) is 60.0 Å². The van der Waals surface area contributed by atoms with Gasteiger partial charge in [0.1, 0.15) is 0 Å². The number of piperazine rings is 1. The Morgan fingerprint density at radius 1 is 0.880 bits per heavy atom. The Bertz CT molecular complexity index is 1780. The van der Waals surface area contributed by atoms with Crippen LogP contribution in [0.2, 0.25) is 0 Å². The van der Waals surface area contributed by atoms with Crippen molar-refractivity contribution in [3.05, 3.63) is 63.6 Å². The lowest BCUT2D eigenvalue weighted by Gasteiger charge is -2.41. The van der Waals surface area contributed by atoms with Gasteiger partial charge < -0.3 is 35.1 Å². The molecule has 50 heavy (non-hydrogen) atoms. The van der Waals surface area contributed by atoms with E-state index in [0.717, 1.165) is 78.9 Å². The molecule has 13 heteroatoms. The Labute approximate surface area is 292 Å². The molecule has 0 spiro atoms.